The second-order valence-electron chi connectivity index (χ2n) is 6.07. The summed E-state index contributed by atoms with van der Waals surface area (Å²) in [5.41, 5.74) is 8.63. The molecule has 0 aromatic heterocycles. The molecule has 0 aliphatic heterocycles. The minimum atomic E-state index is 1.17. The summed E-state index contributed by atoms with van der Waals surface area (Å²) in [4.78, 5) is 0. The lowest BCUT2D eigenvalue weighted by molar-refractivity contribution is 1.37. The van der Waals surface area contributed by atoms with E-state index in [0.717, 1.165) is 0 Å². The Morgan fingerprint density at radius 3 is 2.21 bits per heavy atom. The lowest BCUT2D eigenvalue weighted by Crippen LogP contribution is -1.87. The van der Waals surface area contributed by atoms with Gasteiger partial charge in [-0.2, -0.15) is 0 Å². The predicted octanol–water partition coefficient (Wildman–Crippen LogP) is 6.78. The third-order valence-corrected chi connectivity index (χ3v) is 4.30. The van der Waals surface area contributed by atoms with Crippen molar-refractivity contribution in [3.8, 4) is 11.1 Å². The van der Waals surface area contributed by atoms with Crippen LogP contribution in [-0.2, 0) is 0 Å². The predicted molar refractivity (Wildman–Crippen MR) is 107 cm³/mol. The van der Waals surface area contributed by atoms with Crippen molar-refractivity contribution in [3.05, 3.63) is 101 Å². The summed E-state index contributed by atoms with van der Waals surface area (Å²) >= 11 is 0. The Morgan fingerprint density at radius 2 is 1.50 bits per heavy atom. The average Bonchev–Trinajstić information content (AvgIpc) is 2.61. The highest BCUT2D eigenvalue weighted by Crippen LogP contribution is 2.28. The van der Waals surface area contributed by atoms with Gasteiger partial charge in [-0.15, -0.1) is 0 Å². The van der Waals surface area contributed by atoms with Crippen LogP contribution in [0.3, 0.4) is 0 Å². The summed E-state index contributed by atoms with van der Waals surface area (Å²) in [5, 5.41) is 0. The smallest absolute Gasteiger partial charge is 0.0106 e. The van der Waals surface area contributed by atoms with Crippen molar-refractivity contribution in [1.82, 2.24) is 0 Å². The lowest BCUT2D eigenvalue weighted by atomic mass is 9.94. The summed E-state index contributed by atoms with van der Waals surface area (Å²) in [6.07, 6.45) is 6.32. The molecule has 0 aliphatic carbocycles. The quantitative estimate of drug-likeness (QED) is 0.466. The maximum atomic E-state index is 4.03. The molecule has 118 valence electrons. The van der Waals surface area contributed by atoms with Crippen LogP contribution in [0.2, 0.25) is 0 Å². The van der Waals surface area contributed by atoms with E-state index in [9.17, 15) is 0 Å². The Hall–Kier alpha value is -2.86. The van der Waals surface area contributed by atoms with Crippen molar-refractivity contribution >= 4 is 18.2 Å². The summed E-state index contributed by atoms with van der Waals surface area (Å²) in [5.74, 6) is 0. The van der Waals surface area contributed by atoms with Gasteiger partial charge in [0.25, 0.3) is 0 Å². The minimum Gasteiger partial charge on any atom is -0.0984 e. The summed E-state index contributed by atoms with van der Waals surface area (Å²) < 4.78 is 0. The SMILES string of the molecule is C=Cc1c(C=Cc2ccc(C)cc2C)cccc1-c1ccccc1. The lowest BCUT2D eigenvalue weighted by Gasteiger charge is -2.10. The summed E-state index contributed by atoms with van der Waals surface area (Å²) in [6.45, 7) is 8.31. The van der Waals surface area contributed by atoms with Crippen LogP contribution in [0.5, 0.6) is 0 Å². The molecule has 0 saturated heterocycles. The Labute approximate surface area is 144 Å². The molecule has 3 aromatic rings. The van der Waals surface area contributed by atoms with E-state index in [0.29, 0.717) is 0 Å². The molecule has 3 aromatic carbocycles. The molecule has 0 N–H and O–H groups in total. The molecule has 0 heterocycles. The van der Waals surface area contributed by atoms with Crippen LogP contribution in [-0.4, -0.2) is 0 Å². The second-order valence-corrected chi connectivity index (χ2v) is 6.07. The van der Waals surface area contributed by atoms with E-state index in [4.69, 9.17) is 0 Å². The molecule has 0 saturated carbocycles. The third-order valence-electron chi connectivity index (χ3n) is 4.30. The van der Waals surface area contributed by atoms with Crippen LogP contribution < -0.4 is 0 Å². The zero-order valence-corrected chi connectivity index (χ0v) is 14.3. The van der Waals surface area contributed by atoms with Gasteiger partial charge in [0.05, 0.1) is 0 Å². The number of benzene rings is 3. The highest BCUT2D eigenvalue weighted by Gasteiger charge is 2.05. The Morgan fingerprint density at radius 1 is 0.750 bits per heavy atom. The van der Waals surface area contributed by atoms with E-state index in [1.165, 1.54) is 38.9 Å². The topological polar surface area (TPSA) is 0 Å². The van der Waals surface area contributed by atoms with Gasteiger partial charge in [-0.1, -0.05) is 97.1 Å². The molecule has 3 rings (SSSR count). The molecule has 0 spiro atoms. The Kier molecular flexibility index (Phi) is 4.77. The first-order valence-electron chi connectivity index (χ1n) is 8.25. The van der Waals surface area contributed by atoms with Gasteiger partial charge in [0, 0.05) is 0 Å². The van der Waals surface area contributed by atoms with E-state index in [1.807, 2.05) is 12.1 Å². The maximum Gasteiger partial charge on any atom is -0.0106 e. The fourth-order valence-electron chi connectivity index (χ4n) is 3.02. The monoisotopic (exact) mass is 310 g/mol. The number of hydrogen-bond donors (Lipinski definition) is 0. The summed E-state index contributed by atoms with van der Waals surface area (Å²) in [6, 6.07) is 23.4. The van der Waals surface area contributed by atoms with Gasteiger partial charge in [0.2, 0.25) is 0 Å². The zero-order valence-electron chi connectivity index (χ0n) is 14.3. The van der Waals surface area contributed by atoms with Gasteiger partial charge in [-0.3, -0.25) is 0 Å². The number of rotatable bonds is 4. The van der Waals surface area contributed by atoms with Crippen LogP contribution in [0, 0.1) is 13.8 Å². The largest absolute Gasteiger partial charge is 0.0984 e. The fourth-order valence-corrected chi connectivity index (χ4v) is 3.02. The average molecular weight is 310 g/mol. The van der Waals surface area contributed by atoms with Crippen molar-refractivity contribution in [2.45, 2.75) is 13.8 Å². The van der Waals surface area contributed by atoms with E-state index in [1.54, 1.807) is 0 Å². The molecule has 0 nitrogen and oxygen atoms in total. The molecule has 24 heavy (non-hydrogen) atoms. The normalized spacial score (nSPS) is 10.9. The number of aryl methyl sites for hydroxylation is 2. The van der Waals surface area contributed by atoms with Crippen LogP contribution >= 0.6 is 0 Å². The molecular weight excluding hydrogens is 288 g/mol. The van der Waals surface area contributed by atoms with E-state index >= 15 is 0 Å². The fraction of sp³-hybridized carbons (Fsp3) is 0.0833. The van der Waals surface area contributed by atoms with Gasteiger partial charge in [-0.25, -0.2) is 0 Å². The second kappa shape index (κ2) is 7.14. The molecule has 0 fully saturated rings. The standard InChI is InChI=1S/C24H22/c1-4-23-22(16-15-20-14-13-18(2)17-19(20)3)11-8-12-24(23)21-9-6-5-7-10-21/h4-17H,1H2,2-3H3. The molecule has 0 unspecified atom stereocenters. The molecule has 0 heteroatoms. The highest BCUT2D eigenvalue weighted by molar-refractivity contribution is 5.84. The van der Waals surface area contributed by atoms with Gasteiger partial charge in [-0.05, 0) is 47.2 Å². The summed E-state index contributed by atoms with van der Waals surface area (Å²) in [7, 11) is 0. The minimum absolute atomic E-state index is 1.17. The van der Waals surface area contributed by atoms with Crippen molar-refractivity contribution in [2.24, 2.45) is 0 Å². The molecular formula is C24H22. The van der Waals surface area contributed by atoms with Crippen LogP contribution in [0.25, 0.3) is 29.4 Å². The van der Waals surface area contributed by atoms with E-state index < -0.39 is 0 Å². The van der Waals surface area contributed by atoms with Gasteiger partial charge in [0.1, 0.15) is 0 Å². The zero-order chi connectivity index (χ0) is 16.9. The maximum absolute atomic E-state index is 4.03. The first-order valence-corrected chi connectivity index (χ1v) is 8.25. The first kappa shape index (κ1) is 16.0. The molecule has 0 atom stereocenters. The van der Waals surface area contributed by atoms with Crippen molar-refractivity contribution in [3.63, 3.8) is 0 Å². The van der Waals surface area contributed by atoms with Gasteiger partial charge >= 0.3 is 0 Å². The van der Waals surface area contributed by atoms with Crippen LogP contribution in [0.15, 0.2) is 73.3 Å². The molecule has 0 amide bonds. The van der Waals surface area contributed by atoms with Crippen molar-refractivity contribution in [1.29, 1.82) is 0 Å². The Bertz CT molecular complexity index is 883. The highest BCUT2D eigenvalue weighted by atomic mass is 14.1. The van der Waals surface area contributed by atoms with Crippen LogP contribution in [0.1, 0.15) is 27.8 Å². The van der Waals surface area contributed by atoms with E-state index in [-0.39, 0.29) is 0 Å². The molecule has 0 bridgehead atoms. The van der Waals surface area contributed by atoms with Gasteiger partial charge < -0.3 is 0 Å². The Balaban J connectivity index is 2.02. The molecule has 0 radical (unpaired) electrons. The van der Waals surface area contributed by atoms with E-state index in [2.05, 4.69) is 93.2 Å². The third kappa shape index (κ3) is 3.38. The van der Waals surface area contributed by atoms with Crippen molar-refractivity contribution < 1.29 is 0 Å². The van der Waals surface area contributed by atoms with Gasteiger partial charge in [0.15, 0.2) is 0 Å². The van der Waals surface area contributed by atoms with Crippen LogP contribution in [0.4, 0.5) is 0 Å². The number of hydrogen-bond acceptors (Lipinski definition) is 0. The van der Waals surface area contributed by atoms with Crippen molar-refractivity contribution in [2.75, 3.05) is 0 Å². The first-order chi connectivity index (χ1) is 11.7. The molecule has 0 aliphatic rings.